The highest BCUT2D eigenvalue weighted by Gasteiger charge is 2.09. The van der Waals surface area contributed by atoms with Crippen molar-refractivity contribution in [2.75, 3.05) is 5.73 Å². The van der Waals surface area contributed by atoms with Crippen LogP contribution in [0.15, 0.2) is 51.8 Å². The molecule has 20 heavy (non-hydrogen) atoms. The summed E-state index contributed by atoms with van der Waals surface area (Å²) in [6, 6.07) is 7.37. The lowest BCUT2D eigenvalue weighted by molar-refractivity contribution is 0.484. The summed E-state index contributed by atoms with van der Waals surface area (Å²) >= 11 is 6.75. The Morgan fingerprint density at radius 1 is 1.00 bits per heavy atom. The maximum Gasteiger partial charge on any atom is 0.153 e. The number of rotatable bonds is 2. The van der Waals surface area contributed by atoms with Gasteiger partial charge in [-0.3, -0.25) is 9.97 Å². The van der Waals surface area contributed by atoms with Gasteiger partial charge in [0, 0.05) is 32.4 Å². The second kappa shape index (κ2) is 5.38. The number of nitrogens with two attached hydrogens (primary N) is 1. The molecule has 1 aromatic carbocycles. The molecule has 0 aliphatic rings. The van der Waals surface area contributed by atoms with Gasteiger partial charge in [-0.15, -0.1) is 0 Å². The van der Waals surface area contributed by atoms with E-state index in [0.717, 1.165) is 14.3 Å². The Kier molecular flexibility index (Phi) is 3.58. The Hall–Kier alpha value is -1.66. The highest BCUT2D eigenvalue weighted by molar-refractivity contribution is 9.10. The molecule has 100 valence electrons. The summed E-state index contributed by atoms with van der Waals surface area (Å²) in [4.78, 5) is 8.44. The lowest BCUT2D eigenvalue weighted by atomic mass is 10.1. The van der Waals surface area contributed by atoms with Crippen molar-refractivity contribution in [1.82, 2.24) is 9.97 Å². The minimum absolute atomic E-state index is 0.634. The van der Waals surface area contributed by atoms with Gasteiger partial charge in [-0.2, -0.15) is 0 Å². The SMILES string of the molecule is Nc1ccc(Oc2cncc(Br)c2)c2ncc(Br)cc12. The van der Waals surface area contributed by atoms with Gasteiger partial charge in [0.2, 0.25) is 0 Å². The average molecular weight is 395 g/mol. The molecule has 3 aromatic rings. The van der Waals surface area contributed by atoms with E-state index in [1.807, 2.05) is 12.1 Å². The summed E-state index contributed by atoms with van der Waals surface area (Å²) in [5.74, 6) is 1.27. The van der Waals surface area contributed by atoms with Crippen molar-refractivity contribution in [2.45, 2.75) is 0 Å². The highest BCUT2D eigenvalue weighted by atomic mass is 79.9. The Labute approximate surface area is 132 Å². The Morgan fingerprint density at radius 2 is 1.80 bits per heavy atom. The van der Waals surface area contributed by atoms with Crippen LogP contribution in [0.3, 0.4) is 0 Å². The number of pyridine rings is 2. The smallest absolute Gasteiger partial charge is 0.153 e. The molecule has 2 aromatic heterocycles. The van der Waals surface area contributed by atoms with Gasteiger partial charge in [-0.1, -0.05) is 0 Å². The molecule has 0 saturated heterocycles. The summed E-state index contributed by atoms with van der Waals surface area (Å²) in [6.45, 7) is 0. The monoisotopic (exact) mass is 393 g/mol. The maximum absolute atomic E-state index is 5.98. The van der Waals surface area contributed by atoms with Gasteiger partial charge in [0.15, 0.2) is 5.75 Å². The molecule has 2 heterocycles. The molecule has 0 fully saturated rings. The summed E-state index contributed by atoms with van der Waals surface area (Å²) in [5.41, 5.74) is 7.35. The van der Waals surface area contributed by atoms with Crippen molar-refractivity contribution in [2.24, 2.45) is 0 Å². The molecule has 0 aliphatic heterocycles. The number of halogens is 2. The normalized spacial score (nSPS) is 10.7. The Balaban J connectivity index is 2.10. The first-order chi connectivity index (χ1) is 9.63. The van der Waals surface area contributed by atoms with E-state index in [4.69, 9.17) is 10.5 Å². The lowest BCUT2D eigenvalue weighted by Gasteiger charge is -2.10. The molecule has 2 N–H and O–H groups in total. The van der Waals surface area contributed by atoms with E-state index in [0.29, 0.717) is 22.7 Å². The summed E-state index contributed by atoms with van der Waals surface area (Å²) in [5, 5.41) is 0.847. The predicted octanol–water partition coefficient (Wildman–Crippen LogP) is 4.53. The molecular formula is C14H9Br2N3O. The Morgan fingerprint density at radius 3 is 2.60 bits per heavy atom. The van der Waals surface area contributed by atoms with E-state index in [1.165, 1.54) is 0 Å². The summed E-state index contributed by atoms with van der Waals surface area (Å²) in [6.07, 6.45) is 5.06. The van der Waals surface area contributed by atoms with Crippen LogP contribution in [0.5, 0.6) is 11.5 Å². The molecule has 6 heteroatoms. The molecule has 0 amide bonds. The molecule has 3 rings (SSSR count). The number of fused-ring (bicyclic) bond motifs is 1. The van der Waals surface area contributed by atoms with Crippen LogP contribution in [0.4, 0.5) is 5.69 Å². The standard InChI is InChI=1S/C14H9Br2N3O/c15-8-3-10(7-18-5-8)20-13-2-1-12(17)11-4-9(16)6-19-14(11)13/h1-7H,17H2. The van der Waals surface area contributed by atoms with Gasteiger partial charge in [0.05, 0.1) is 6.20 Å². The summed E-state index contributed by atoms with van der Waals surface area (Å²) in [7, 11) is 0. The van der Waals surface area contributed by atoms with Crippen molar-refractivity contribution < 1.29 is 4.74 Å². The van der Waals surface area contributed by atoms with E-state index in [-0.39, 0.29) is 0 Å². The first-order valence-corrected chi connectivity index (χ1v) is 7.34. The minimum Gasteiger partial charge on any atom is -0.453 e. The molecule has 0 bridgehead atoms. The van der Waals surface area contributed by atoms with Crippen molar-refractivity contribution >= 4 is 48.5 Å². The number of anilines is 1. The quantitative estimate of drug-likeness (QED) is 0.648. The van der Waals surface area contributed by atoms with Gasteiger partial charge in [0.1, 0.15) is 11.3 Å². The number of nitrogens with zero attached hydrogens (tertiary/aromatic N) is 2. The van der Waals surface area contributed by atoms with Crippen LogP contribution in [0.1, 0.15) is 0 Å². The van der Waals surface area contributed by atoms with Gasteiger partial charge < -0.3 is 10.5 Å². The van der Waals surface area contributed by atoms with Crippen LogP contribution in [-0.4, -0.2) is 9.97 Å². The van der Waals surface area contributed by atoms with E-state index < -0.39 is 0 Å². The van der Waals surface area contributed by atoms with E-state index >= 15 is 0 Å². The average Bonchev–Trinajstić information content (AvgIpc) is 2.42. The van der Waals surface area contributed by atoms with Crippen molar-refractivity contribution in [3.05, 3.63) is 51.8 Å². The van der Waals surface area contributed by atoms with Gasteiger partial charge in [0.25, 0.3) is 0 Å². The molecule has 0 unspecified atom stereocenters. The number of nitrogen functional groups attached to an aromatic ring is 1. The highest BCUT2D eigenvalue weighted by Crippen LogP contribution is 2.33. The van der Waals surface area contributed by atoms with Crippen molar-refractivity contribution in [1.29, 1.82) is 0 Å². The van der Waals surface area contributed by atoms with Crippen molar-refractivity contribution in [3.8, 4) is 11.5 Å². The van der Waals surface area contributed by atoms with Crippen LogP contribution >= 0.6 is 31.9 Å². The fraction of sp³-hybridized carbons (Fsp3) is 0. The van der Waals surface area contributed by atoms with Crippen LogP contribution < -0.4 is 10.5 Å². The zero-order valence-corrected chi connectivity index (χ0v) is 13.3. The predicted molar refractivity (Wildman–Crippen MR) is 85.9 cm³/mol. The number of ether oxygens (including phenoxy) is 1. The lowest BCUT2D eigenvalue weighted by Crippen LogP contribution is -1.93. The van der Waals surface area contributed by atoms with Crippen LogP contribution in [0.25, 0.3) is 10.9 Å². The molecule has 0 aliphatic carbocycles. The molecule has 0 atom stereocenters. The molecule has 4 nitrogen and oxygen atoms in total. The first kappa shape index (κ1) is 13.3. The van der Waals surface area contributed by atoms with Crippen LogP contribution in [-0.2, 0) is 0 Å². The van der Waals surface area contributed by atoms with E-state index in [1.54, 1.807) is 30.7 Å². The van der Waals surface area contributed by atoms with E-state index in [2.05, 4.69) is 41.8 Å². The minimum atomic E-state index is 0.634. The van der Waals surface area contributed by atoms with E-state index in [9.17, 15) is 0 Å². The first-order valence-electron chi connectivity index (χ1n) is 5.75. The zero-order valence-electron chi connectivity index (χ0n) is 10.2. The topological polar surface area (TPSA) is 61.0 Å². The molecule has 0 spiro atoms. The van der Waals surface area contributed by atoms with Crippen molar-refractivity contribution in [3.63, 3.8) is 0 Å². The number of hydrogen-bond acceptors (Lipinski definition) is 4. The largest absolute Gasteiger partial charge is 0.453 e. The third-order valence-corrected chi connectivity index (χ3v) is 3.59. The second-order valence-electron chi connectivity index (χ2n) is 4.14. The summed E-state index contributed by atoms with van der Waals surface area (Å²) < 4.78 is 7.57. The molecular weight excluding hydrogens is 386 g/mol. The van der Waals surface area contributed by atoms with Gasteiger partial charge in [-0.25, -0.2) is 0 Å². The third-order valence-electron chi connectivity index (χ3n) is 2.72. The molecule has 0 radical (unpaired) electrons. The third kappa shape index (κ3) is 2.62. The van der Waals surface area contributed by atoms with Crippen LogP contribution in [0, 0.1) is 0 Å². The molecule has 0 saturated carbocycles. The fourth-order valence-corrected chi connectivity index (χ4v) is 2.52. The number of benzene rings is 1. The van der Waals surface area contributed by atoms with Crippen LogP contribution in [0.2, 0.25) is 0 Å². The van der Waals surface area contributed by atoms with Gasteiger partial charge >= 0.3 is 0 Å². The maximum atomic E-state index is 5.98. The number of hydrogen-bond donors (Lipinski definition) is 1. The second-order valence-corrected chi connectivity index (χ2v) is 5.97. The zero-order chi connectivity index (χ0) is 14.1. The fourth-order valence-electron chi connectivity index (χ4n) is 1.85. The van der Waals surface area contributed by atoms with Gasteiger partial charge in [-0.05, 0) is 56.1 Å². The Bertz CT molecular complexity index is 792. The number of aromatic nitrogens is 2.